The average molecular weight is 346 g/mol. The smallest absolute Gasteiger partial charge is 0.345 e. The lowest BCUT2D eigenvalue weighted by Gasteiger charge is -2.19. The molecule has 0 aliphatic heterocycles. The van der Waals surface area contributed by atoms with Crippen molar-refractivity contribution in [3.8, 4) is 0 Å². The molecule has 0 atom stereocenters. The summed E-state index contributed by atoms with van der Waals surface area (Å²) in [6, 6.07) is 15.0. The number of amides is 2. The summed E-state index contributed by atoms with van der Waals surface area (Å²) in [6.45, 7) is 3.99. The molecule has 5 nitrogen and oxygen atoms in total. The molecule has 2 rings (SSSR count). The van der Waals surface area contributed by atoms with Crippen LogP contribution in [0.5, 0.6) is 0 Å². The Labute approximate surface area is 144 Å². The minimum atomic E-state index is -0.450. The Kier molecular flexibility index (Phi) is 5.95. The SMILES string of the molecule is Cc1ccc(SNC(=O)N(Sc2ccc(C)cc2)C(=N)N)cc1. The van der Waals surface area contributed by atoms with E-state index in [0.29, 0.717) is 0 Å². The number of nitrogens with one attached hydrogen (secondary N) is 2. The molecule has 23 heavy (non-hydrogen) atoms. The monoisotopic (exact) mass is 346 g/mol. The molecule has 2 amide bonds. The number of rotatable bonds is 4. The van der Waals surface area contributed by atoms with Crippen molar-refractivity contribution in [2.24, 2.45) is 5.73 Å². The van der Waals surface area contributed by atoms with Crippen LogP contribution in [-0.4, -0.2) is 16.3 Å². The molecule has 0 aromatic heterocycles. The molecule has 0 spiro atoms. The van der Waals surface area contributed by atoms with E-state index in [4.69, 9.17) is 11.1 Å². The first-order valence-electron chi connectivity index (χ1n) is 6.88. The van der Waals surface area contributed by atoms with Crippen molar-refractivity contribution in [2.45, 2.75) is 23.6 Å². The number of hydrogen-bond acceptors (Lipinski definition) is 4. The molecule has 0 aliphatic carbocycles. The molecule has 0 heterocycles. The van der Waals surface area contributed by atoms with Crippen LogP contribution in [0.2, 0.25) is 0 Å². The number of urea groups is 1. The second-order valence-electron chi connectivity index (χ2n) is 4.91. The zero-order chi connectivity index (χ0) is 16.8. The van der Waals surface area contributed by atoms with E-state index in [1.165, 1.54) is 11.9 Å². The van der Waals surface area contributed by atoms with Gasteiger partial charge in [0.25, 0.3) is 0 Å². The maximum absolute atomic E-state index is 12.2. The minimum absolute atomic E-state index is 0.322. The first-order valence-corrected chi connectivity index (χ1v) is 8.47. The summed E-state index contributed by atoms with van der Waals surface area (Å²) in [7, 11) is 0. The molecule has 0 saturated carbocycles. The Morgan fingerprint density at radius 1 is 1.00 bits per heavy atom. The predicted molar refractivity (Wildman–Crippen MR) is 96.4 cm³/mol. The molecule has 0 fully saturated rings. The van der Waals surface area contributed by atoms with E-state index >= 15 is 0 Å². The highest BCUT2D eigenvalue weighted by Gasteiger charge is 2.18. The Morgan fingerprint density at radius 2 is 1.48 bits per heavy atom. The lowest BCUT2D eigenvalue weighted by molar-refractivity contribution is 0.241. The number of aryl methyl sites for hydroxylation is 2. The summed E-state index contributed by atoms with van der Waals surface area (Å²) >= 11 is 2.30. The molecule has 7 heteroatoms. The molecule has 2 aromatic rings. The third-order valence-electron chi connectivity index (χ3n) is 2.90. The van der Waals surface area contributed by atoms with Crippen LogP contribution in [0.25, 0.3) is 0 Å². The summed E-state index contributed by atoms with van der Waals surface area (Å²) in [4.78, 5) is 14.0. The third-order valence-corrected chi connectivity index (χ3v) is 4.71. The zero-order valence-corrected chi connectivity index (χ0v) is 14.5. The van der Waals surface area contributed by atoms with Crippen LogP contribution in [0.1, 0.15) is 11.1 Å². The number of carbonyl (C=O) groups excluding carboxylic acids is 1. The summed E-state index contributed by atoms with van der Waals surface area (Å²) in [5.41, 5.74) is 7.80. The van der Waals surface area contributed by atoms with Crippen LogP contribution >= 0.6 is 23.9 Å². The molecule has 0 aliphatic rings. The van der Waals surface area contributed by atoms with E-state index in [1.54, 1.807) is 0 Å². The Bertz CT molecular complexity index is 686. The molecule has 120 valence electrons. The average Bonchev–Trinajstić information content (AvgIpc) is 2.53. The summed E-state index contributed by atoms with van der Waals surface area (Å²) in [5.74, 6) is -0.322. The van der Waals surface area contributed by atoms with Gasteiger partial charge in [0, 0.05) is 9.79 Å². The van der Waals surface area contributed by atoms with Crippen LogP contribution in [0, 0.1) is 19.3 Å². The van der Waals surface area contributed by atoms with Gasteiger partial charge in [-0.3, -0.25) is 10.1 Å². The standard InChI is InChI=1S/C16H18N4OS2/c1-11-3-7-13(8-4-11)22-19-16(21)20(15(17)18)23-14-9-5-12(2)6-10-14/h3-10H,1-2H3,(H3,17,18)(H,19,21). The molecule has 4 N–H and O–H groups in total. The molecular formula is C16H18N4OS2. The number of guanidine groups is 1. The van der Waals surface area contributed by atoms with Crippen molar-refractivity contribution in [1.82, 2.24) is 9.03 Å². The van der Waals surface area contributed by atoms with Gasteiger partial charge >= 0.3 is 6.03 Å². The van der Waals surface area contributed by atoms with E-state index in [-0.39, 0.29) is 5.96 Å². The highest BCUT2D eigenvalue weighted by molar-refractivity contribution is 7.99. The lowest BCUT2D eigenvalue weighted by atomic mass is 10.2. The molecule has 0 bridgehead atoms. The number of nitrogens with zero attached hydrogens (tertiary/aromatic N) is 1. The molecule has 0 radical (unpaired) electrons. The van der Waals surface area contributed by atoms with E-state index in [0.717, 1.165) is 37.2 Å². The van der Waals surface area contributed by atoms with Crippen molar-refractivity contribution < 1.29 is 4.79 Å². The van der Waals surface area contributed by atoms with Gasteiger partial charge < -0.3 is 5.73 Å². The Hall–Kier alpha value is -2.12. The van der Waals surface area contributed by atoms with Crippen molar-refractivity contribution >= 4 is 35.9 Å². The normalized spacial score (nSPS) is 10.2. The van der Waals surface area contributed by atoms with Gasteiger partial charge in [-0.05, 0) is 62.0 Å². The second-order valence-corrected chi connectivity index (χ2v) is 6.81. The Morgan fingerprint density at radius 3 is 1.96 bits per heavy atom. The maximum atomic E-state index is 12.2. The van der Waals surface area contributed by atoms with Crippen molar-refractivity contribution in [3.05, 3.63) is 59.7 Å². The maximum Gasteiger partial charge on any atom is 0.345 e. The second kappa shape index (κ2) is 7.94. The quantitative estimate of drug-likeness (QED) is 0.445. The first kappa shape index (κ1) is 17.2. The van der Waals surface area contributed by atoms with Gasteiger partial charge in [-0.25, -0.2) is 4.79 Å². The van der Waals surface area contributed by atoms with Crippen LogP contribution in [0.15, 0.2) is 58.3 Å². The van der Waals surface area contributed by atoms with Crippen molar-refractivity contribution in [1.29, 1.82) is 5.41 Å². The van der Waals surface area contributed by atoms with E-state index in [2.05, 4.69) is 4.72 Å². The van der Waals surface area contributed by atoms with Gasteiger partial charge in [0.15, 0.2) is 0 Å². The zero-order valence-electron chi connectivity index (χ0n) is 12.9. The minimum Gasteiger partial charge on any atom is -0.369 e. The molecule has 0 unspecified atom stereocenters. The summed E-state index contributed by atoms with van der Waals surface area (Å²) in [6.07, 6.45) is 0. The summed E-state index contributed by atoms with van der Waals surface area (Å²) in [5, 5.41) is 7.60. The van der Waals surface area contributed by atoms with Crippen LogP contribution in [-0.2, 0) is 0 Å². The predicted octanol–water partition coefficient (Wildman–Crippen LogP) is 3.92. The third kappa shape index (κ3) is 5.22. The summed E-state index contributed by atoms with van der Waals surface area (Å²) < 4.78 is 3.81. The first-order chi connectivity index (χ1) is 11.0. The van der Waals surface area contributed by atoms with Gasteiger partial charge in [-0.15, -0.1) is 0 Å². The van der Waals surface area contributed by atoms with E-state index in [9.17, 15) is 4.79 Å². The fourth-order valence-corrected chi connectivity index (χ4v) is 2.98. The fourth-order valence-electron chi connectivity index (χ4n) is 1.65. The largest absolute Gasteiger partial charge is 0.369 e. The van der Waals surface area contributed by atoms with Gasteiger partial charge in [0.1, 0.15) is 0 Å². The number of carbonyl (C=O) groups is 1. The number of benzene rings is 2. The highest BCUT2D eigenvalue weighted by atomic mass is 32.2. The van der Waals surface area contributed by atoms with E-state index in [1.807, 2.05) is 62.4 Å². The van der Waals surface area contributed by atoms with Crippen molar-refractivity contribution in [3.63, 3.8) is 0 Å². The van der Waals surface area contributed by atoms with Crippen molar-refractivity contribution in [2.75, 3.05) is 0 Å². The molecule has 0 saturated heterocycles. The molecular weight excluding hydrogens is 328 g/mol. The molecule has 2 aromatic carbocycles. The van der Waals surface area contributed by atoms with Crippen LogP contribution in [0.4, 0.5) is 4.79 Å². The van der Waals surface area contributed by atoms with Gasteiger partial charge in [0.05, 0.1) is 0 Å². The Balaban J connectivity index is 1.99. The number of hydrogen-bond donors (Lipinski definition) is 3. The van der Waals surface area contributed by atoms with E-state index < -0.39 is 6.03 Å². The van der Waals surface area contributed by atoms with Crippen LogP contribution in [0.3, 0.4) is 0 Å². The topological polar surface area (TPSA) is 82.2 Å². The van der Waals surface area contributed by atoms with Gasteiger partial charge in [0.2, 0.25) is 5.96 Å². The van der Waals surface area contributed by atoms with Gasteiger partial charge in [-0.2, -0.15) is 4.31 Å². The van der Waals surface area contributed by atoms with Crippen LogP contribution < -0.4 is 10.5 Å². The number of nitrogens with two attached hydrogens (primary N) is 1. The highest BCUT2D eigenvalue weighted by Crippen LogP contribution is 2.24. The lowest BCUT2D eigenvalue weighted by Crippen LogP contribution is -2.40. The fraction of sp³-hybridized carbons (Fsp3) is 0.125. The van der Waals surface area contributed by atoms with Gasteiger partial charge in [-0.1, -0.05) is 35.4 Å².